The molecule has 2 heterocycles. The summed E-state index contributed by atoms with van der Waals surface area (Å²) in [5.74, 6) is -0.206. The predicted octanol–water partition coefficient (Wildman–Crippen LogP) is 4.24. The minimum absolute atomic E-state index is 0.0357. The monoisotopic (exact) mass is 341 g/mol. The third-order valence-corrected chi connectivity index (χ3v) is 4.79. The van der Waals surface area contributed by atoms with Crippen LogP contribution in [0.2, 0.25) is 0 Å². The summed E-state index contributed by atoms with van der Waals surface area (Å²) in [6.45, 7) is 3.29. The molecule has 1 aromatic heterocycles. The maximum absolute atomic E-state index is 13.7. The van der Waals surface area contributed by atoms with E-state index in [1.807, 2.05) is 4.90 Å². The van der Waals surface area contributed by atoms with Gasteiger partial charge in [0.2, 0.25) is 0 Å². The minimum atomic E-state index is -0.241. The van der Waals surface area contributed by atoms with Crippen molar-refractivity contribution in [1.29, 1.82) is 0 Å². The van der Waals surface area contributed by atoms with E-state index in [0.29, 0.717) is 23.7 Å². The number of amides is 1. The van der Waals surface area contributed by atoms with E-state index in [0.717, 1.165) is 31.5 Å². The Balaban J connectivity index is 1.70. The largest absolute Gasteiger partial charge is 0.380 e. The second kappa shape index (κ2) is 8.10. The van der Waals surface area contributed by atoms with Gasteiger partial charge in [0.15, 0.2) is 0 Å². The van der Waals surface area contributed by atoms with Crippen molar-refractivity contribution in [3.8, 4) is 0 Å². The number of piperidine rings is 1. The Kier molecular flexibility index (Phi) is 5.64. The lowest BCUT2D eigenvalue weighted by Crippen LogP contribution is -2.43. The second-order valence-corrected chi connectivity index (χ2v) is 6.46. The highest BCUT2D eigenvalue weighted by Crippen LogP contribution is 2.22. The van der Waals surface area contributed by atoms with Crippen LogP contribution in [0.4, 0.5) is 10.1 Å². The number of benzene rings is 1. The number of nitrogens with one attached hydrogen (secondary N) is 1. The predicted molar refractivity (Wildman–Crippen MR) is 96.9 cm³/mol. The number of likely N-dealkylation sites (tertiary alicyclic amines) is 1. The van der Waals surface area contributed by atoms with Gasteiger partial charge in [0.05, 0.1) is 11.3 Å². The highest BCUT2D eigenvalue weighted by atomic mass is 19.1. The molecule has 1 atom stereocenters. The van der Waals surface area contributed by atoms with Gasteiger partial charge in [0.25, 0.3) is 5.91 Å². The molecule has 0 spiro atoms. The molecule has 1 aliphatic rings. The summed E-state index contributed by atoms with van der Waals surface area (Å²) in [7, 11) is 0. The smallest absolute Gasteiger partial charge is 0.255 e. The van der Waals surface area contributed by atoms with Gasteiger partial charge >= 0.3 is 0 Å². The number of carbonyl (C=O) groups is 1. The lowest BCUT2D eigenvalue weighted by atomic mass is 9.99. The number of hydrogen-bond donors (Lipinski definition) is 1. The van der Waals surface area contributed by atoms with Gasteiger partial charge in [-0.05, 0) is 37.8 Å². The van der Waals surface area contributed by atoms with Gasteiger partial charge in [0, 0.05) is 37.1 Å². The van der Waals surface area contributed by atoms with Crippen LogP contribution in [0.3, 0.4) is 0 Å². The van der Waals surface area contributed by atoms with Crippen LogP contribution in [0.5, 0.6) is 0 Å². The molecule has 0 saturated carbocycles. The van der Waals surface area contributed by atoms with E-state index in [9.17, 15) is 9.18 Å². The number of halogens is 1. The zero-order valence-corrected chi connectivity index (χ0v) is 14.5. The van der Waals surface area contributed by atoms with Gasteiger partial charge in [-0.2, -0.15) is 0 Å². The van der Waals surface area contributed by atoms with Crippen molar-refractivity contribution in [2.24, 2.45) is 0 Å². The van der Waals surface area contributed by atoms with Crippen LogP contribution >= 0.6 is 0 Å². The van der Waals surface area contributed by atoms with Gasteiger partial charge in [0.1, 0.15) is 5.82 Å². The molecule has 1 N–H and O–H groups in total. The molecule has 3 rings (SSSR count). The fourth-order valence-electron chi connectivity index (χ4n) is 3.35. The highest BCUT2D eigenvalue weighted by molar-refractivity contribution is 5.95. The Bertz CT molecular complexity index is 734. The third kappa shape index (κ3) is 4.16. The number of hydrogen-bond acceptors (Lipinski definition) is 3. The summed E-state index contributed by atoms with van der Waals surface area (Å²) in [5, 5.41) is 3.15. The average molecular weight is 341 g/mol. The molecule has 1 amide bonds. The van der Waals surface area contributed by atoms with E-state index in [4.69, 9.17) is 0 Å². The lowest BCUT2D eigenvalue weighted by Gasteiger charge is -2.35. The SMILES string of the molecule is CCC1CCCCN1C(=O)c1cncc(NCc2ccccc2F)c1. The van der Waals surface area contributed by atoms with Crippen LogP contribution in [-0.4, -0.2) is 28.4 Å². The first-order chi connectivity index (χ1) is 12.2. The highest BCUT2D eigenvalue weighted by Gasteiger charge is 2.26. The molecule has 0 radical (unpaired) electrons. The average Bonchev–Trinajstić information content (AvgIpc) is 2.67. The van der Waals surface area contributed by atoms with E-state index in [1.165, 1.54) is 12.5 Å². The zero-order valence-electron chi connectivity index (χ0n) is 14.5. The first-order valence-electron chi connectivity index (χ1n) is 8.92. The second-order valence-electron chi connectivity index (χ2n) is 6.46. The molecule has 4 nitrogen and oxygen atoms in total. The Morgan fingerprint density at radius 1 is 1.32 bits per heavy atom. The van der Waals surface area contributed by atoms with Crippen molar-refractivity contribution in [3.63, 3.8) is 0 Å². The van der Waals surface area contributed by atoms with Crippen molar-refractivity contribution in [3.05, 3.63) is 59.7 Å². The van der Waals surface area contributed by atoms with Crippen LogP contribution in [0.1, 0.15) is 48.5 Å². The minimum Gasteiger partial charge on any atom is -0.380 e. The van der Waals surface area contributed by atoms with E-state index >= 15 is 0 Å². The number of carbonyl (C=O) groups excluding carboxylic acids is 1. The van der Waals surface area contributed by atoms with Crippen LogP contribution in [0, 0.1) is 5.82 Å². The van der Waals surface area contributed by atoms with Crippen molar-refractivity contribution in [2.75, 3.05) is 11.9 Å². The van der Waals surface area contributed by atoms with Crippen LogP contribution in [0.25, 0.3) is 0 Å². The Morgan fingerprint density at radius 2 is 2.16 bits per heavy atom. The van der Waals surface area contributed by atoms with Gasteiger partial charge in [-0.25, -0.2) is 4.39 Å². The van der Waals surface area contributed by atoms with Crippen molar-refractivity contribution >= 4 is 11.6 Å². The molecule has 0 bridgehead atoms. The first kappa shape index (κ1) is 17.4. The van der Waals surface area contributed by atoms with Gasteiger partial charge in [-0.15, -0.1) is 0 Å². The summed E-state index contributed by atoms with van der Waals surface area (Å²) in [5.41, 5.74) is 1.89. The molecule has 1 unspecified atom stereocenters. The standard InChI is InChI=1S/C20H24FN3O/c1-2-18-8-5-6-10-24(18)20(25)16-11-17(14-22-12-16)23-13-15-7-3-4-9-19(15)21/h3-4,7,9,11-12,14,18,23H,2,5-6,8,10,13H2,1H3. The third-order valence-electron chi connectivity index (χ3n) is 4.79. The molecule has 5 heteroatoms. The van der Waals surface area contributed by atoms with Crippen molar-refractivity contribution in [2.45, 2.75) is 45.2 Å². The fraction of sp³-hybridized carbons (Fsp3) is 0.400. The quantitative estimate of drug-likeness (QED) is 0.885. The van der Waals surface area contributed by atoms with Gasteiger partial charge < -0.3 is 10.2 Å². The maximum atomic E-state index is 13.7. The Hall–Kier alpha value is -2.43. The summed E-state index contributed by atoms with van der Waals surface area (Å²) in [6, 6.07) is 8.77. The van der Waals surface area contributed by atoms with E-state index in [-0.39, 0.29) is 11.7 Å². The first-order valence-corrected chi connectivity index (χ1v) is 8.92. The van der Waals surface area contributed by atoms with E-state index in [2.05, 4.69) is 17.2 Å². The van der Waals surface area contributed by atoms with Gasteiger partial charge in [-0.1, -0.05) is 25.1 Å². The number of anilines is 1. The number of nitrogens with zero attached hydrogens (tertiary/aromatic N) is 2. The molecule has 1 saturated heterocycles. The van der Waals surface area contributed by atoms with Gasteiger partial charge in [-0.3, -0.25) is 9.78 Å². The van der Waals surface area contributed by atoms with Crippen molar-refractivity contribution in [1.82, 2.24) is 9.88 Å². The summed E-state index contributed by atoms with van der Waals surface area (Å²) in [6.07, 6.45) is 7.56. The Morgan fingerprint density at radius 3 is 2.96 bits per heavy atom. The van der Waals surface area contributed by atoms with Crippen LogP contribution in [-0.2, 0) is 6.54 Å². The summed E-state index contributed by atoms with van der Waals surface area (Å²) >= 11 is 0. The topological polar surface area (TPSA) is 45.2 Å². The summed E-state index contributed by atoms with van der Waals surface area (Å²) in [4.78, 5) is 19.0. The maximum Gasteiger partial charge on any atom is 0.255 e. The molecule has 2 aromatic rings. The molecule has 1 aromatic carbocycles. The normalized spacial score (nSPS) is 17.4. The molecule has 25 heavy (non-hydrogen) atoms. The molecule has 1 fully saturated rings. The van der Waals surface area contributed by atoms with Crippen LogP contribution in [0.15, 0.2) is 42.7 Å². The number of aromatic nitrogens is 1. The Labute approximate surface area is 148 Å². The summed E-state index contributed by atoms with van der Waals surface area (Å²) < 4.78 is 13.7. The molecule has 132 valence electrons. The molecular weight excluding hydrogens is 317 g/mol. The van der Waals surface area contributed by atoms with Crippen molar-refractivity contribution < 1.29 is 9.18 Å². The molecular formula is C20H24FN3O. The van der Waals surface area contributed by atoms with Crippen LogP contribution < -0.4 is 5.32 Å². The lowest BCUT2D eigenvalue weighted by molar-refractivity contribution is 0.0607. The fourth-order valence-corrected chi connectivity index (χ4v) is 3.35. The molecule has 0 aliphatic carbocycles. The zero-order chi connectivity index (χ0) is 17.6. The number of rotatable bonds is 5. The van der Waals surface area contributed by atoms with E-state index in [1.54, 1.807) is 36.7 Å². The van der Waals surface area contributed by atoms with E-state index < -0.39 is 0 Å². The molecule has 1 aliphatic heterocycles. The number of pyridine rings is 1.